The van der Waals surface area contributed by atoms with E-state index in [2.05, 4.69) is 29.2 Å². The molecule has 0 unspecified atom stereocenters. The molecular formula is C18H15N3O2. The predicted octanol–water partition coefficient (Wildman–Crippen LogP) is 3.76. The summed E-state index contributed by atoms with van der Waals surface area (Å²) < 4.78 is 0. The van der Waals surface area contributed by atoms with E-state index in [1.54, 1.807) is 6.07 Å². The van der Waals surface area contributed by atoms with Crippen molar-refractivity contribution >= 4 is 16.9 Å². The van der Waals surface area contributed by atoms with Crippen molar-refractivity contribution in [1.29, 1.82) is 5.26 Å². The molecule has 0 atom stereocenters. The molecule has 23 heavy (non-hydrogen) atoms. The summed E-state index contributed by atoms with van der Waals surface area (Å²) in [7, 11) is 0. The van der Waals surface area contributed by atoms with Gasteiger partial charge in [-0.1, -0.05) is 36.4 Å². The van der Waals surface area contributed by atoms with E-state index >= 15 is 0 Å². The van der Waals surface area contributed by atoms with Gasteiger partial charge >= 0.3 is 0 Å². The normalized spacial score (nSPS) is 14.0. The maximum atomic E-state index is 10.8. The molecule has 2 aromatic carbocycles. The molecule has 0 saturated carbocycles. The molecule has 2 aromatic rings. The van der Waals surface area contributed by atoms with Gasteiger partial charge in [0.2, 0.25) is 0 Å². The Hall–Kier alpha value is -3.13. The van der Waals surface area contributed by atoms with Gasteiger partial charge in [0, 0.05) is 25.2 Å². The van der Waals surface area contributed by atoms with E-state index in [1.165, 1.54) is 23.3 Å². The lowest BCUT2D eigenvalue weighted by Gasteiger charge is -2.29. The second kappa shape index (κ2) is 6.32. The summed E-state index contributed by atoms with van der Waals surface area (Å²) in [6, 6.07) is 16.7. The number of rotatable bonds is 3. The topological polar surface area (TPSA) is 70.2 Å². The quantitative estimate of drug-likeness (QED) is 0.639. The average molecular weight is 305 g/mol. The van der Waals surface area contributed by atoms with Gasteiger partial charge < -0.3 is 4.90 Å². The smallest absolute Gasteiger partial charge is 0.270 e. The number of nitro benzene ring substituents is 1. The van der Waals surface area contributed by atoms with Gasteiger partial charge in [0.15, 0.2) is 0 Å². The van der Waals surface area contributed by atoms with Crippen molar-refractivity contribution in [3.8, 4) is 6.07 Å². The molecule has 0 spiro atoms. The van der Waals surface area contributed by atoms with Crippen molar-refractivity contribution in [3.05, 3.63) is 75.8 Å². The van der Waals surface area contributed by atoms with Crippen LogP contribution in [0.25, 0.3) is 5.57 Å². The summed E-state index contributed by atoms with van der Waals surface area (Å²) in [5.74, 6) is 0. The zero-order chi connectivity index (χ0) is 16.2. The van der Waals surface area contributed by atoms with Gasteiger partial charge in [-0.2, -0.15) is 5.26 Å². The van der Waals surface area contributed by atoms with Crippen molar-refractivity contribution < 1.29 is 4.92 Å². The number of nitrogens with zero attached hydrogens (tertiary/aromatic N) is 3. The van der Waals surface area contributed by atoms with E-state index in [0.717, 1.165) is 18.7 Å². The van der Waals surface area contributed by atoms with E-state index in [0.29, 0.717) is 12.1 Å². The van der Waals surface area contributed by atoms with Crippen LogP contribution in [0.2, 0.25) is 0 Å². The molecule has 0 bridgehead atoms. The Balaban J connectivity index is 1.84. The fraction of sp³-hybridized carbons (Fsp3) is 0.167. The molecule has 0 saturated heterocycles. The molecule has 0 aliphatic carbocycles. The van der Waals surface area contributed by atoms with Crippen LogP contribution in [0.3, 0.4) is 0 Å². The van der Waals surface area contributed by atoms with E-state index in [9.17, 15) is 15.4 Å². The second-order valence-corrected chi connectivity index (χ2v) is 5.36. The molecule has 1 heterocycles. The van der Waals surface area contributed by atoms with Crippen LogP contribution in [-0.2, 0) is 0 Å². The first kappa shape index (κ1) is 14.8. The zero-order valence-corrected chi connectivity index (χ0v) is 12.5. The number of anilines is 1. The van der Waals surface area contributed by atoms with E-state index in [1.807, 2.05) is 18.2 Å². The van der Waals surface area contributed by atoms with Gasteiger partial charge in [0.05, 0.1) is 16.2 Å². The van der Waals surface area contributed by atoms with Crippen molar-refractivity contribution in [2.45, 2.75) is 6.42 Å². The highest BCUT2D eigenvalue weighted by atomic mass is 16.6. The number of nitro groups is 1. The predicted molar refractivity (Wildman–Crippen MR) is 89.1 cm³/mol. The maximum absolute atomic E-state index is 10.8. The van der Waals surface area contributed by atoms with Crippen LogP contribution >= 0.6 is 0 Å². The first-order valence-electron chi connectivity index (χ1n) is 7.37. The Labute approximate surface area is 134 Å². The summed E-state index contributed by atoms with van der Waals surface area (Å²) in [6.07, 6.45) is 3.03. The maximum Gasteiger partial charge on any atom is 0.270 e. The van der Waals surface area contributed by atoms with Crippen LogP contribution in [0.1, 0.15) is 17.5 Å². The fourth-order valence-corrected chi connectivity index (χ4v) is 2.81. The molecule has 0 aromatic heterocycles. The molecule has 0 fully saturated rings. The molecule has 3 rings (SSSR count). The Morgan fingerprint density at radius 2 is 1.96 bits per heavy atom. The van der Waals surface area contributed by atoms with Crippen LogP contribution < -0.4 is 4.90 Å². The third kappa shape index (κ3) is 3.06. The van der Waals surface area contributed by atoms with Crippen molar-refractivity contribution in [2.24, 2.45) is 0 Å². The number of hydrogen-bond acceptors (Lipinski definition) is 4. The lowest BCUT2D eigenvalue weighted by molar-refractivity contribution is -0.384. The van der Waals surface area contributed by atoms with Gasteiger partial charge in [0.25, 0.3) is 5.69 Å². The lowest BCUT2D eigenvalue weighted by atomic mass is 9.99. The SMILES string of the molecule is N#Cc1cc([N+](=O)[O-])ccc1N1CC=C(c2ccccc2)CC1. The molecule has 114 valence electrons. The molecule has 0 amide bonds. The second-order valence-electron chi connectivity index (χ2n) is 5.36. The van der Waals surface area contributed by atoms with E-state index in [4.69, 9.17) is 0 Å². The zero-order valence-electron chi connectivity index (χ0n) is 12.5. The Bertz CT molecular complexity index is 807. The monoisotopic (exact) mass is 305 g/mol. The van der Waals surface area contributed by atoms with Gasteiger partial charge in [-0.15, -0.1) is 0 Å². The highest BCUT2D eigenvalue weighted by molar-refractivity contribution is 5.70. The minimum atomic E-state index is -0.478. The molecule has 1 aliphatic rings. The standard InChI is InChI=1S/C18H15N3O2/c19-13-16-12-17(21(22)23)6-7-18(16)20-10-8-15(9-11-20)14-4-2-1-3-5-14/h1-8,12H,9-11H2. The Morgan fingerprint density at radius 1 is 1.17 bits per heavy atom. The van der Waals surface area contributed by atoms with Crippen LogP contribution in [0.15, 0.2) is 54.6 Å². The summed E-state index contributed by atoms with van der Waals surface area (Å²) in [5.41, 5.74) is 3.55. The number of benzene rings is 2. The molecule has 0 N–H and O–H groups in total. The summed E-state index contributed by atoms with van der Waals surface area (Å²) >= 11 is 0. The Morgan fingerprint density at radius 3 is 2.57 bits per heavy atom. The molecule has 5 heteroatoms. The molecular weight excluding hydrogens is 290 g/mol. The van der Waals surface area contributed by atoms with E-state index in [-0.39, 0.29) is 5.69 Å². The largest absolute Gasteiger partial charge is 0.366 e. The fourth-order valence-electron chi connectivity index (χ4n) is 2.81. The van der Waals surface area contributed by atoms with E-state index < -0.39 is 4.92 Å². The van der Waals surface area contributed by atoms with Gasteiger partial charge in [0.1, 0.15) is 6.07 Å². The average Bonchev–Trinajstić information content (AvgIpc) is 2.62. The summed E-state index contributed by atoms with van der Waals surface area (Å²) in [4.78, 5) is 12.4. The highest BCUT2D eigenvalue weighted by Crippen LogP contribution is 2.29. The third-order valence-corrected chi connectivity index (χ3v) is 4.01. The third-order valence-electron chi connectivity index (χ3n) is 4.01. The van der Waals surface area contributed by atoms with Crippen LogP contribution in [-0.4, -0.2) is 18.0 Å². The lowest BCUT2D eigenvalue weighted by Crippen LogP contribution is -2.28. The molecule has 1 aliphatic heterocycles. The minimum Gasteiger partial charge on any atom is -0.366 e. The van der Waals surface area contributed by atoms with Crippen LogP contribution in [0, 0.1) is 21.4 Å². The first-order chi connectivity index (χ1) is 11.2. The van der Waals surface area contributed by atoms with Crippen molar-refractivity contribution in [1.82, 2.24) is 0 Å². The molecule has 0 radical (unpaired) electrons. The Kier molecular flexibility index (Phi) is 4.07. The number of nitriles is 1. The van der Waals surface area contributed by atoms with Crippen LogP contribution in [0.5, 0.6) is 0 Å². The summed E-state index contributed by atoms with van der Waals surface area (Å²) in [5, 5.41) is 20.1. The number of hydrogen-bond donors (Lipinski definition) is 0. The van der Waals surface area contributed by atoms with Crippen LogP contribution in [0.4, 0.5) is 11.4 Å². The number of non-ortho nitro benzene ring substituents is 1. The van der Waals surface area contributed by atoms with Crippen molar-refractivity contribution in [3.63, 3.8) is 0 Å². The summed E-state index contributed by atoms with van der Waals surface area (Å²) in [6.45, 7) is 1.48. The first-order valence-corrected chi connectivity index (χ1v) is 7.37. The minimum absolute atomic E-state index is 0.0529. The van der Waals surface area contributed by atoms with Gasteiger partial charge in [-0.05, 0) is 23.6 Å². The molecule has 5 nitrogen and oxygen atoms in total. The van der Waals surface area contributed by atoms with Gasteiger partial charge in [-0.3, -0.25) is 10.1 Å². The van der Waals surface area contributed by atoms with Gasteiger partial charge in [-0.25, -0.2) is 0 Å². The highest BCUT2D eigenvalue weighted by Gasteiger charge is 2.18. The van der Waals surface area contributed by atoms with Crippen molar-refractivity contribution in [2.75, 3.05) is 18.0 Å².